The molecule has 0 unspecified atom stereocenters. The molecule has 1 saturated heterocycles. The van der Waals surface area contributed by atoms with Crippen LogP contribution in [-0.2, 0) is 4.79 Å². The molecule has 1 aliphatic carbocycles. The number of carbonyl (C=O) groups is 1. The van der Waals surface area contributed by atoms with Crippen molar-refractivity contribution in [2.45, 2.75) is 34.6 Å². The SMILES string of the molecule is CC(C)=C[C@@H]1[C@@H](C(=O)NC[C@H](C)CN2CCN(C)CC2)C1(C)C. The first-order valence-electron chi connectivity index (χ1n) is 9.05. The van der Waals surface area contributed by atoms with Gasteiger partial charge in [-0.2, -0.15) is 0 Å². The Bertz CT molecular complexity index is 446. The Balaban J connectivity index is 1.73. The Labute approximate surface area is 142 Å². The van der Waals surface area contributed by atoms with Crippen LogP contribution in [0.2, 0.25) is 0 Å². The number of nitrogens with one attached hydrogen (secondary N) is 1. The van der Waals surface area contributed by atoms with Gasteiger partial charge in [-0.25, -0.2) is 0 Å². The molecule has 3 atom stereocenters. The van der Waals surface area contributed by atoms with Crippen LogP contribution >= 0.6 is 0 Å². The summed E-state index contributed by atoms with van der Waals surface area (Å²) in [4.78, 5) is 17.4. The molecule has 2 rings (SSSR count). The second kappa shape index (κ2) is 7.35. The van der Waals surface area contributed by atoms with E-state index in [1.807, 2.05) is 0 Å². The molecule has 1 saturated carbocycles. The smallest absolute Gasteiger partial charge is 0.224 e. The fraction of sp³-hybridized carbons (Fsp3) is 0.842. The Hall–Kier alpha value is -0.870. The van der Waals surface area contributed by atoms with Crippen LogP contribution < -0.4 is 5.32 Å². The molecule has 0 bridgehead atoms. The van der Waals surface area contributed by atoms with Crippen molar-refractivity contribution in [3.63, 3.8) is 0 Å². The number of amides is 1. The van der Waals surface area contributed by atoms with Crippen LogP contribution in [0.25, 0.3) is 0 Å². The number of rotatable bonds is 6. The third-order valence-corrected chi connectivity index (χ3v) is 5.50. The summed E-state index contributed by atoms with van der Waals surface area (Å²) >= 11 is 0. The minimum Gasteiger partial charge on any atom is -0.356 e. The number of likely N-dealkylation sites (N-methyl/N-ethyl adjacent to an activating group) is 1. The average molecular weight is 322 g/mol. The van der Waals surface area contributed by atoms with Crippen LogP contribution in [0.1, 0.15) is 34.6 Å². The summed E-state index contributed by atoms with van der Waals surface area (Å²) < 4.78 is 0. The third-order valence-electron chi connectivity index (χ3n) is 5.50. The molecule has 0 aromatic rings. The van der Waals surface area contributed by atoms with Crippen molar-refractivity contribution in [2.75, 3.05) is 46.3 Å². The van der Waals surface area contributed by atoms with Gasteiger partial charge in [-0.1, -0.05) is 32.4 Å². The van der Waals surface area contributed by atoms with Crippen LogP contribution in [0.15, 0.2) is 11.6 Å². The molecule has 4 nitrogen and oxygen atoms in total. The molecule has 23 heavy (non-hydrogen) atoms. The number of carbonyl (C=O) groups excluding carboxylic acids is 1. The lowest BCUT2D eigenvalue weighted by atomic mass is 10.1. The van der Waals surface area contributed by atoms with E-state index in [1.165, 1.54) is 5.57 Å². The van der Waals surface area contributed by atoms with E-state index in [0.29, 0.717) is 11.8 Å². The highest BCUT2D eigenvalue weighted by atomic mass is 16.2. The number of allylic oxidation sites excluding steroid dienone is 2. The van der Waals surface area contributed by atoms with Crippen LogP contribution in [0.3, 0.4) is 0 Å². The fourth-order valence-corrected chi connectivity index (χ4v) is 3.77. The third kappa shape index (κ3) is 4.80. The van der Waals surface area contributed by atoms with Gasteiger partial charge in [0.05, 0.1) is 5.92 Å². The molecule has 1 aliphatic heterocycles. The van der Waals surface area contributed by atoms with Crippen molar-refractivity contribution in [1.29, 1.82) is 0 Å². The van der Waals surface area contributed by atoms with Gasteiger partial charge in [-0.05, 0) is 38.1 Å². The van der Waals surface area contributed by atoms with E-state index >= 15 is 0 Å². The van der Waals surface area contributed by atoms with Gasteiger partial charge in [0, 0.05) is 39.3 Å². The highest BCUT2D eigenvalue weighted by molar-refractivity contribution is 5.83. The van der Waals surface area contributed by atoms with E-state index in [9.17, 15) is 4.79 Å². The number of hydrogen-bond acceptors (Lipinski definition) is 3. The molecule has 2 fully saturated rings. The highest BCUT2D eigenvalue weighted by Gasteiger charge is 2.60. The quantitative estimate of drug-likeness (QED) is 0.762. The summed E-state index contributed by atoms with van der Waals surface area (Å²) in [5, 5.41) is 3.20. The summed E-state index contributed by atoms with van der Waals surface area (Å²) in [6, 6.07) is 0. The number of piperazine rings is 1. The molecule has 0 aromatic heterocycles. The zero-order chi connectivity index (χ0) is 17.2. The molecular weight excluding hydrogens is 286 g/mol. The Morgan fingerprint density at radius 1 is 1.26 bits per heavy atom. The maximum atomic E-state index is 12.5. The maximum Gasteiger partial charge on any atom is 0.224 e. The first-order chi connectivity index (χ1) is 10.7. The van der Waals surface area contributed by atoms with Gasteiger partial charge in [0.1, 0.15) is 0 Å². The molecule has 132 valence electrons. The van der Waals surface area contributed by atoms with Crippen molar-refractivity contribution < 1.29 is 4.79 Å². The maximum absolute atomic E-state index is 12.5. The summed E-state index contributed by atoms with van der Waals surface area (Å²) in [5.74, 6) is 1.29. The van der Waals surface area contributed by atoms with E-state index in [-0.39, 0.29) is 17.2 Å². The Morgan fingerprint density at radius 2 is 1.87 bits per heavy atom. The second-order valence-electron chi connectivity index (χ2n) is 8.52. The van der Waals surface area contributed by atoms with Crippen LogP contribution in [0.5, 0.6) is 0 Å². The normalized spacial score (nSPS) is 29.0. The molecule has 2 aliphatic rings. The van der Waals surface area contributed by atoms with Crippen molar-refractivity contribution >= 4 is 5.91 Å². The summed E-state index contributed by atoms with van der Waals surface area (Å²) in [6.07, 6.45) is 2.26. The molecule has 1 N–H and O–H groups in total. The van der Waals surface area contributed by atoms with Crippen LogP contribution in [-0.4, -0.2) is 62.0 Å². The number of nitrogens with zero attached hydrogens (tertiary/aromatic N) is 2. The van der Waals surface area contributed by atoms with Gasteiger partial charge < -0.3 is 15.1 Å². The summed E-state index contributed by atoms with van der Waals surface area (Å²) in [6.45, 7) is 17.3. The molecule has 0 aromatic carbocycles. The molecule has 4 heteroatoms. The predicted octanol–water partition coefficient (Wildman–Crippen LogP) is 2.22. The van der Waals surface area contributed by atoms with Crippen LogP contribution in [0, 0.1) is 23.2 Å². The molecule has 1 amide bonds. The summed E-state index contributed by atoms with van der Waals surface area (Å²) in [5.41, 5.74) is 1.42. The van der Waals surface area contributed by atoms with E-state index in [1.54, 1.807) is 0 Å². The first kappa shape index (κ1) is 18.5. The van der Waals surface area contributed by atoms with Crippen molar-refractivity contribution in [3.05, 3.63) is 11.6 Å². The zero-order valence-corrected chi connectivity index (χ0v) is 15.9. The van der Waals surface area contributed by atoms with Gasteiger partial charge in [-0.15, -0.1) is 0 Å². The van der Waals surface area contributed by atoms with Crippen LogP contribution in [0.4, 0.5) is 0 Å². The largest absolute Gasteiger partial charge is 0.356 e. The Kier molecular flexibility index (Phi) is 5.90. The second-order valence-corrected chi connectivity index (χ2v) is 8.52. The topological polar surface area (TPSA) is 35.6 Å². The van der Waals surface area contributed by atoms with Gasteiger partial charge in [0.2, 0.25) is 5.91 Å². The van der Waals surface area contributed by atoms with Gasteiger partial charge in [-0.3, -0.25) is 4.79 Å². The van der Waals surface area contributed by atoms with E-state index in [2.05, 4.69) is 62.9 Å². The fourth-order valence-electron chi connectivity index (χ4n) is 3.77. The molecule has 1 heterocycles. The van der Waals surface area contributed by atoms with Gasteiger partial charge >= 0.3 is 0 Å². The van der Waals surface area contributed by atoms with E-state index < -0.39 is 0 Å². The number of hydrogen-bond donors (Lipinski definition) is 1. The van der Waals surface area contributed by atoms with Crippen molar-refractivity contribution in [2.24, 2.45) is 23.2 Å². The van der Waals surface area contributed by atoms with Crippen molar-refractivity contribution in [3.8, 4) is 0 Å². The standard InChI is InChI=1S/C19H35N3O/c1-14(2)11-16-17(19(16,4)5)18(23)20-12-15(3)13-22-9-7-21(6)8-10-22/h11,15-17H,7-10,12-13H2,1-6H3,(H,20,23)/t15-,16+,17-/m0/s1. The summed E-state index contributed by atoms with van der Waals surface area (Å²) in [7, 11) is 2.18. The molecule has 0 spiro atoms. The average Bonchev–Trinajstić information content (AvgIpc) is 2.99. The van der Waals surface area contributed by atoms with Crippen molar-refractivity contribution in [1.82, 2.24) is 15.1 Å². The van der Waals surface area contributed by atoms with E-state index in [0.717, 1.165) is 39.3 Å². The first-order valence-corrected chi connectivity index (χ1v) is 9.05. The minimum absolute atomic E-state index is 0.113. The minimum atomic E-state index is 0.113. The Morgan fingerprint density at radius 3 is 2.43 bits per heavy atom. The highest BCUT2D eigenvalue weighted by Crippen LogP contribution is 2.59. The lowest BCUT2D eigenvalue weighted by molar-refractivity contribution is -0.123. The van der Waals surface area contributed by atoms with Gasteiger partial charge in [0.15, 0.2) is 0 Å². The van der Waals surface area contributed by atoms with Gasteiger partial charge in [0.25, 0.3) is 0 Å². The lowest BCUT2D eigenvalue weighted by Gasteiger charge is -2.34. The van der Waals surface area contributed by atoms with E-state index in [4.69, 9.17) is 0 Å². The molecular formula is C19H35N3O. The lowest BCUT2D eigenvalue weighted by Crippen LogP contribution is -2.47. The predicted molar refractivity (Wildman–Crippen MR) is 96.3 cm³/mol. The monoisotopic (exact) mass is 321 g/mol. The molecule has 0 radical (unpaired) electrons. The zero-order valence-electron chi connectivity index (χ0n) is 15.9.